The Morgan fingerprint density at radius 3 is 2.74 bits per heavy atom. The molecule has 0 spiro atoms. The number of hydrogen-bond acceptors (Lipinski definition) is 3. The van der Waals surface area contributed by atoms with Crippen LogP contribution in [0.3, 0.4) is 0 Å². The molecule has 100 valence electrons. The molecule has 1 aromatic heterocycles. The monoisotopic (exact) mass is 391 g/mol. The fraction of sp³-hybridized carbons (Fsp3) is 0.231. The number of halogens is 3. The molecule has 0 saturated carbocycles. The smallest absolute Gasteiger partial charge is 0.163 e. The van der Waals surface area contributed by atoms with Crippen LogP contribution in [0.1, 0.15) is 19.0 Å². The minimum absolute atomic E-state index is 0.281. The summed E-state index contributed by atoms with van der Waals surface area (Å²) in [4.78, 5) is 8.71. The molecule has 6 heteroatoms. The van der Waals surface area contributed by atoms with Gasteiger partial charge in [0, 0.05) is 5.56 Å². The summed E-state index contributed by atoms with van der Waals surface area (Å²) in [5, 5.41) is 0.281. The van der Waals surface area contributed by atoms with Gasteiger partial charge in [-0.1, -0.05) is 24.9 Å². The number of hydrogen-bond donors (Lipinski definition) is 1. The maximum atomic E-state index is 13.1. The van der Waals surface area contributed by atoms with Crippen molar-refractivity contribution in [3.05, 3.63) is 38.3 Å². The average molecular weight is 392 g/mol. The van der Waals surface area contributed by atoms with Gasteiger partial charge in [-0.25, -0.2) is 14.4 Å². The van der Waals surface area contributed by atoms with Crippen LogP contribution in [0, 0.1) is 9.39 Å². The molecule has 19 heavy (non-hydrogen) atoms. The van der Waals surface area contributed by atoms with E-state index in [4.69, 9.17) is 17.3 Å². The number of nitrogen functional groups attached to an aromatic ring is 1. The maximum absolute atomic E-state index is 13.1. The summed E-state index contributed by atoms with van der Waals surface area (Å²) in [6.07, 6.45) is 1.78. The second kappa shape index (κ2) is 6.00. The Morgan fingerprint density at radius 1 is 1.37 bits per heavy atom. The van der Waals surface area contributed by atoms with Gasteiger partial charge in [0.05, 0.1) is 14.3 Å². The molecule has 0 amide bonds. The van der Waals surface area contributed by atoms with E-state index in [0.717, 1.165) is 22.1 Å². The predicted molar refractivity (Wildman–Crippen MR) is 83.6 cm³/mol. The quantitative estimate of drug-likeness (QED) is 0.802. The Labute approximate surface area is 129 Å². The molecule has 0 saturated heterocycles. The van der Waals surface area contributed by atoms with Gasteiger partial charge in [-0.2, -0.15) is 0 Å². The SMILES string of the molecule is CCCc1nc(-c2ccc(F)cc2Cl)nc(N)c1I. The van der Waals surface area contributed by atoms with Crippen LogP contribution in [0.15, 0.2) is 18.2 Å². The zero-order chi connectivity index (χ0) is 14.0. The van der Waals surface area contributed by atoms with Crippen LogP contribution in [0.4, 0.5) is 10.2 Å². The van der Waals surface area contributed by atoms with Crippen molar-refractivity contribution >= 4 is 40.0 Å². The van der Waals surface area contributed by atoms with Gasteiger partial charge in [-0.15, -0.1) is 0 Å². The number of benzene rings is 1. The normalized spacial score (nSPS) is 10.7. The molecule has 0 aliphatic carbocycles. The lowest BCUT2D eigenvalue weighted by Gasteiger charge is -2.09. The first-order chi connectivity index (χ1) is 9.02. The second-order valence-corrected chi connectivity index (χ2v) is 5.55. The third kappa shape index (κ3) is 3.14. The minimum atomic E-state index is -0.388. The number of nitrogens with zero attached hydrogens (tertiary/aromatic N) is 2. The van der Waals surface area contributed by atoms with E-state index in [2.05, 4.69) is 39.5 Å². The van der Waals surface area contributed by atoms with Gasteiger partial charge in [-0.3, -0.25) is 0 Å². The van der Waals surface area contributed by atoms with Crippen LogP contribution in [-0.2, 0) is 6.42 Å². The van der Waals surface area contributed by atoms with Gasteiger partial charge in [0.2, 0.25) is 0 Å². The molecule has 3 nitrogen and oxygen atoms in total. The van der Waals surface area contributed by atoms with Crippen LogP contribution in [0.25, 0.3) is 11.4 Å². The first kappa shape index (κ1) is 14.5. The standard InChI is InChI=1S/C13H12ClFIN3/c1-2-3-10-11(16)12(17)19-13(18-10)8-5-4-7(15)6-9(8)14/h4-6H,2-3H2,1H3,(H2,17,18,19). The van der Waals surface area contributed by atoms with Crippen LogP contribution >= 0.6 is 34.2 Å². The molecule has 1 heterocycles. The van der Waals surface area contributed by atoms with Gasteiger partial charge in [0.25, 0.3) is 0 Å². The third-order valence-corrected chi connectivity index (χ3v) is 4.09. The summed E-state index contributed by atoms with van der Waals surface area (Å²) < 4.78 is 13.9. The van der Waals surface area contributed by atoms with Crippen LogP contribution < -0.4 is 5.73 Å². The minimum Gasteiger partial charge on any atom is -0.383 e. The van der Waals surface area contributed by atoms with Crippen molar-refractivity contribution in [1.82, 2.24) is 9.97 Å². The molecule has 2 aromatic rings. The van der Waals surface area contributed by atoms with Gasteiger partial charge in [0.15, 0.2) is 5.82 Å². The van der Waals surface area contributed by atoms with E-state index in [-0.39, 0.29) is 10.8 Å². The Balaban J connectivity index is 2.56. The Bertz CT molecular complexity index is 619. The summed E-state index contributed by atoms with van der Waals surface area (Å²) >= 11 is 8.16. The summed E-state index contributed by atoms with van der Waals surface area (Å²) in [7, 11) is 0. The lowest BCUT2D eigenvalue weighted by atomic mass is 10.2. The van der Waals surface area contributed by atoms with E-state index in [0.29, 0.717) is 17.2 Å². The fourth-order valence-corrected chi connectivity index (χ4v) is 2.47. The van der Waals surface area contributed by atoms with E-state index in [9.17, 15) is 4.39 Å². The highest BCUT2D eigenvalue weighted by Gasteiger charge is 2.13. The highest BCUT2D eigenvalue weighted by Crippen LogP contribution is 2.28. The molecule has 0 bridgehead atoms. The summed E-state index contributed by atoms with van der Waals surface area (Å²) in [5.74, 6) is 0.474. The molecule has 0 unspecified atom stereocenters. The highest BCUT2D eigenvalue weighted by molar-refractivity contribution is 14.1. The molecule has 0 aliphatic heterocycles. The molecule has 0 atom stereocenters. The first-order valence-electron chi connectivity index (χ1n) is 5.80. The Kier molecular flexibility index (Phi) is 4.57. The first-order valence-corrected chi connectivity index (χ1v) is 7.26. The van der Waals surface area contributed by atoms with E-state index >= 15 is 0 Å². The van der Waals surface area contributed by atoms with E-state index in [1.54, 1.807) is 6.07 Å². The van der Waals surface area contributed by atoms with Gasteiger partial charge in [-0.05, 0) is 47.2 Å². The molecule has 0 fully saturated rings. The van der Waals surface area contributed by atoms with Crippen LogP contribution in [0.5, 0.6) is 0 Å². The molecule has 1 aromatic carbocycles. The summed E-state index contributed by atoms with van der Waals surface area (Å²) in [5.41, 5.74) is 7.37. The van der Waals surface area contributed by atoms with Crippen LogP contribution in [-0.4, -0.2) is 9.97 Å². The lowest BCUT2D eigenvalue weighted by molar-refractivity contribution is 0.628. The van der Waals surface area contributed by atoms with E-state index in [1.807, 2.05) is 0 Å². The van der Waals surface area contributed by atoms with Crippen molar-refractivity contribution in [1.29, 1.82) is 0 Å². The number of aryl methyl sites for hydroxylation is 1. The second-order valence-electron chi connectivity index (χ2n) is 4.07. The number of anilines is 1. The van der Waals surface area contributed by atoms with E-state index in [1.165, 1.54) is 12.1 Å². The largest absolute Gasteiger partial charge is 0.383 e. The molecule has 0 radical (unpaired) electrons. The van der Waals surface area contributed by atoms with Crippen molar-refractivity contribution in [3.8, 4) is 11.4 Å². The predicted octanol–water partition coefficient (Wildman–Crippen LogP) is 4.08. The van der Waals surface area contributed by atoms with E-state index < -0.39 is 0 Å². The fourth-order valence-electron chi connectivity index (χ4n) is 1.71. The lowest BCUT2D eigenvalue weighted by Crippen LogP contribution is -2.05. The number of nitrogens with two attached hydrogens (primary N) is 1. The van der Waals surface area contributed by atoms with Crippen molar-refractivity contribution < 1.29 is 4.39 Å². The topological polar surface area (TPSA) is 51.8 Å². The van der Waals surface area contributed by atoms with Crippen molar-refractivity contribution in [2.45, 2.75) is 19.8 Å². The van der Waals surface area contributed by atoms with Crippen molar-refractivity contribution in [2.75, 3.05) is 5.73 Å². The van der Waals surface area contributed by atoms with Crippen LogP contribution in [0.2, 0.25) is 5.02 Å². The van der Waals surface area contributed by atoms with Crippen molar-refractivity contribution in [2.24, 2.45) is 0 Å². The molecule has 0 aliphatic rings. The Morgan fingerprint density at radius 2 is 2.11 bits per heavy atom. The number of aromatic nitrogens is 2. The molecular weight excluding hydrogens is 380 g/mol. The molecule has 2 rings (SSSR count). The zero-order valence-corrected chi connectivity index (χ0v) is 13.2. The Hall–Kier alpha value is -0.950. The zero-order valence-electron chi connectivity index (χ0n) is 10.3. The van der Waals surface area contributed by atoms with Gasteiger partial charge < -0.3 is 5.73 Å². The summed E-state index contributed by atoms with van der Waals surface area (Å²) in [6.45, 7) is 2.07. The average Bonchev–Trinajstić information content (AvgIpc) is 2.35. The van der Waals surface area contributed by atoms with Gasteiger partial charge >= 0.3 is 0 Å². The van der Waals surface area contributed by atoms with Crippen molar-refractivity contribution in [3.63, 3.8) is 0 Å². The molecular formula is C13H12ClFIN3. The molecule has 2 N–H and O–H groups in total. The highest BCUT2D eigenvalue weighted by atomic mass is 127. The summed E-state index contributed by atoms with van der Waals surface area (Å²) in [6, 6.07) is 4.14. The maximum Gasteiger partial charge on any atom is 0.163 e. The third-order valence-electron chi connectivity index (χ3n) is 2.60. The number of rotatable bonds is 3. The van der Waals surface area contributed by atoms with Gasteiger partial charge in [0.1, 0.15) is 11.6 Å².